The smallest absolute Gasteiger partial charge is 0.325 e. The summed E-state index contributed by atoms with van der Waals surface area (Å²) < 4.78 is 0. The Balaban J connectivity index is 2.71. The standard InChI is InChI=1S/C11H10ClN3O3/c1-6(10(16)17)14-11(18)15-9-3-2-7(5-13)4-8(9)12/h2-4,6H,1H3,(H,16,17)(H2,14,15,18). The third-order valence-corrected chi connectivity index (χ3v) is 2.38. The third-order valence-electron chi connectivity index (χ3n) is 2.06. The second-order valence-corrected chi connectivity index (χ2v) is 3.87. The number of benzene rings is 1. The van der Waals surface area contributed by atoms with Crippen molar-refractivity contribution in [3.63, 3.8) is 0 Å². The van der Waals surface area contributed by atoms with E-state index in [-0.39, 0.29) is 5.02 Å². The Kier molecular flexibility index (Phi) is 4.52. The molecule has 0 radical (unpaired) electrons. The zero-order chi connectivity index (χ0) is 13.7. The van der Waals surface area contributed by atoms with Gasteiger partial charge in [0.2, 0.25) is 0 Å². The molecule has 0 aliphatic rings. The highest BCUT2D eigenvalue weighted by Gasteiger charge is 2.14. The van der Waals surface area contributed by atoms with Crippen molar-refractivity contribution in [2.24, 2.45) is 0 Å². The van der Waals surface area contributed by atoms with Crippen LogP contribution in [0.15, 0.2) is 18.2 Å². The first kappa shape index (κ1) is 13.8. The Labute approximate surface area is 108 Å². The Bertz CT molecular complexity index is 525. The number of hydrogen-bond acceptors (Lipinski definition) is 3. The van der Waals surface area contributed by atoms with Gasteiger partial charge in [-0.1, -0.05) is 11.6 Å². The number of aliphatic carboxylic acids is 1. The molecule has 1 rings (SSSR count). The summed E-state index contributed by atoms with van der Waals surface area (Å²) in [5.41, 5.74) is 0.663. The van der Waals surface area contributed by atoms with E-state index in [0.29, 0.717) is 11.3 Å². The molecule has 1 unspecified atom stereocenters. The molecule has 0 saturated carbocycles. The number of carbonyl (C=O) groups is 2. The number of halogens is 1. The van der Waals surface area contributed by atoms with Gasteiger partial charge in [-0.2, -0.15) is 5.26 Å². The highest BCUT2D eigenvalue weighted by Crippen LogP contribution is 2.22. The SMILES string of the molecule is CC(NC(=O)Nc1ccc(C#N)cc1Cl)C(=O)O. The van der Waals surface area contributed by atoms with Gasteiger partial charge in [-0.25, -0.2) is 4.79 Å². The Morgan fingerprint density at radius 2 is 2.17 bits per heavy atom. The van der Waals surface area contributed by atoms with Crippen LogP contribution in [0.2, 0.25) is 5.02 Å². The van der Waals surface area contributed by atoms with Crippen LogP contribution in [0.3, 0.4) is 0 Å². The van der Waals surface area contributed by atoms with E-state index in [1.807, 2.05) is 6.07 Å². The van der Waals surface area contributed by atoms with Crippen molar-refractivity contribution in [2.45, 2.75) is 13.0 Å². The molecular formula is C11H10ClN3O3. The fraction of sp³-hybridized carbons (Fsp3) is 0.182. The van der Waals surface area contributed by atoms with Gasteiger partial charge >= 0.3 is 12.0 Å². The predicted octanol–water partition coefficient (Wildman–Crippen LogP) is 1.81. The van der Waals surface area contributed by atoms with Gasteiger partial charge in [0.15, 0.2) is 0 Å². The van der Waals surface area contributed by atoms with Gasteiger partial charge in [0.05, 0.1) is 22.3 Å². The summed E-state index contributed by atoms with van der Waals surface area (Å²) in [5, 5.41) is 22.1. The van der Waals surface area contributed by atoms with Crippen molar-refractivity contribution in [1.29, 1.82) is 5.26 Å². The minimum Gasteiger partial charge on any atom is -0.480 e. The fourth-order valence-corrected chi connectivity index (χ4v) is 1.33. The second kappa shape index (κ2) is 5.89. The van der Waals surface area contributed by atoms with Crippen molar-refractivity contribution < 1.29 is 14.7 Å². The lowest BCUT2D eigenvalue weighted by Crippen LogP contribution is -2.40. The van der Waals surface area contributed by atoms with E-state index in [4.69, 9.17) is 22.0 Å². The van der Waals surface area contributed by atoms with Gasteiger partial charge < -0.3 is 15.7 Å². The molecule has 0 aliphatic heterocycles. The molecule has 94 valence electrons. The van der Waals surface area contributed by atoms with Crippen molar-refractivity contribution in [1.82, 2.24) is 5.32 Å². The molecule has 1 aromatic rings. The number of nitrogens with zero attached hydrogens (tertiary/aromatic N) is 1. The molecule has 0 bridgehead atoms. The first-order valence-corrected chi connectivity index (χ1v) is 5.32. The highest BCUT2D eigenvalue weighted by molar-refractivity contribution is 6.33. The minimum atomic E-state index is -1.14. The van der Waals surface area contributed by atoms with Gasteiger partial charge in [0.1, 0.15) is 6.04 Å². The molecule has 0 heterocycles. The van der Waals surface area contributed by atoms with Crippen LogP contribution in [0.25, 0.3) is 0 Å². The average Bonchev–Trinajstić information content (AvgIpc) is 2.31. The number of nitrogens with one attached hydrogen (secondary N) is 2. The van der Waals surface area contributed by atoms with E-state index < -0.39 is 18.0 Å². The van der Waals surface area contributed by atoms with Gasteiger partial charge in [-0.3, -0.25) is 4.79 Å². The van der Waals surface area contributed by atoms with Crippen LogP contribution in [0.4, 0.5) is 10.5 Å². The molecular weight excluding hydrogens is 258 g/mol. The number of rotatable bonds is 3. The molecule has 0 saturated heterocycles. The van der Waals surface area contributed by atoms with Crippen LogP contribution in [0.1, 0.15) is 12.5 Å². The van der Waals surface area contributed by atoms with E-state index in [9.17, 15) is 9.59 Å². The second-order valence-electron chi connectivity index (χ2n) is 3.46. The van der Waals surface area contributed by atoms with E-state index >= 15 is 0 Å². The molecule has 0 aliphatic carbocycles. The number of carbonyl (C=O) groups excluding carboxylic acids is 1. The molecule has 0 fully saturated rings. The lowest BCUT2D eigenvalue weighted by Gasteiger charge is -2.11. The van der Waals surface area contributed by atoms with Crippen LogP contribution in [0.5, 0.6) is 0 Å². The molecule has 1 atom stereocenters. The number of hydrogen-bond donors (Lipinski definition) is 3. The van der Waals surface area contributed by atoms with Crippen LogP contribution >= 0.6 is 11.6 Å². The molecule has 18 heavy (non-hydrogen) atoms. The van der Waals surface area contributed by atoms with Gasteiger partial charge in [-0.15, -0.1) is 0 Å². The number of carboxylic acid groups (broad SMARTS) is 1. The zero-order valence-electron chi connectivity index (χ0n) is 9.40. The minimum absolute atomic E-state index is 0.201. The summed E-state index contributed by atoms with van der Waals surface area (Å²) in [6, 6.07) is 4.56. The molecule has 3 N–H and O–H groups in total. The quantitative estimate of drug-likeness (QED) is 0.777. The van der Waals surface area contributed by atoms with Gasteiger partial charge in [0, 0.05) is 0 Å². The number of nitriles is 1. The first-order valence-electron chi connectivity index (χ1n) is 4.94. The average molecular weight is 268 g/mol. The maximum Gasteiger partial charge on any atom is 0.325 e. The summed E-state index contributed by atoms with van der Waals surface area (Å²) in [6.07, 6.45) is 0. The zero-order valence-corrected chi connectivity index (χ0v) is 10.2. The molecule has 0 aromatic heterocycles. The monoisotopic (exact) mass is 267 g/mol. The number of urea groups is 1. The molecule has 6 nitrogen and oxygen atoms in total. The summed E-state index contributed by atoms with van der Waals surface area (Å²) >= 11 is 5.84. The fourth-order valence-electron chi connectivity index (χ4n) is 1.10. The largest absolute Gasteiger partial charge is 0.480 e. The van der Waals surface area contributed by atoms with Crippen LogP contribution in [0, 0.1) is 11.3 Å². The topological polar surface area (TPSA) is 102 Å². The Morgan fingerprint density at radius 1 is 1.50 bits per heavy atom. The first-order chi connectivity index (χ1) is 8.43. The Hall–Kier alpha value is -2.26. The molecule has 2 amide bonds. The van der Waals surface area contributed by atoms with E-state index in [0.717, 1.165) is 0 Å². The molecule has 1 aromatic carbocycles. The predicted molar refractivity (Wildman–Crippen MR) is 65.4 cm³/mol. The summed E-state index contributed by atoms with van der Waals surface area (Å²) in [6.45, 7) is 1.34. The van der Waals surface area contributed by atoms with Crippen molar-refractivity contribution in [3.05, 3.63) is 28.8 Å². The van der Waals surface area contributed by atoms with Crippen LogP contribution in [-0.4, -0.2) is 23.1 Å². The van der Waals surface area contributed by atoms with E-state index in [1.54, 1.807) is 0 Å². The van der Waals surface area contributed by atoms with Gasteiger partial charge in [-0.05, 0) is 25.1 Å². The maximum atomic E-state index is 11.4. The summed E-state index contributed by atoms with van der Waals surface area (Å²) in [5.74, 6) is -1.14. The highest BCUT2D eigenvalue weighted by atomic mass is 35.5. The summed E-state index contributed by atoms with van der Waals surface area (Å²) in [4.78, 5) is 22.0. The number of carboxylic acids is 1. The van der Waals surface area contributed by atoms with Crippen LogP contribution in [-0.2, 0) is 4.79 Å². The summed E-state index contributed by atoms with van der Waals surface area (Å²) in [7, 11) is 0. The van der Waals surface area contributed by atoms with Gasteiger partial charge in [0.25, 0.3) is 0 Å². The van der Waals surface area contributed by atoms with Crippen molar-refractivity contribution in [3.8, 4) is 6.07 Å². The molecule has 7 heteroatoms. The van der Waals surface area contributed by atoms with Crippen molar-refractivity contribution >= 4 is 29.3 Å². The normalized spacial score (nSPS) is 11.2. The van der Waals surface area contributed by atoms with Crippen molar-refractivity contribution in [2.75, 3.05) is 5.32 Å². The van der Waals surface area contributed by atoms with E-state index in [2.05, 4.69) is 10.6 Å². The number of amides is 2. The maximum absolute atomic E-state index is 11.4. The third kappa shape index (κ3) is 3.64. The molecule has 0 spiro atoms. The number of anilines is 1. The Morgan fingerprint density at radius 3 is 2.67 bits per heavy atom. The van der Waals surface area contributed by atoms with E-state index in [1.165, 1.54) is 25.1 Å². The van der Waals surface area contributed by atoms with Crippen LogP contribution < -0.4 is 10.6 Å². The lowest BCUT2D eigenvalue weighted by molar-refractivity contribution is -0.138. The lowest BCUT2D eigenvalue weighted by atomic mass is 10.2.